The van der Waals surface area contributed by atoms with E-state index in [-0.39, 0.29) is 18.4 Å². The molecule has 0 radical (unpaired) electrons. The number of benzene rings is 2. The lowest BCUT2D eigenvalue weighted by atomic mass is 10.1. The third-order valence-electron chi connectivity index (χ3n) is 4.02. The third kappa shape index (κ3) is 5.92. The summed E-state index contributed by atoms with van der Waals surface area (Å²) in [7, 11) is 1.64. The zero-order valence-electron chi connectivity index (χ0n) is 15.6. The Morgan fingerprint density at radius 2 is 1.77 bits per heavy atom. The molecular weight excluding hydrogens is 328 g/mol. The fourth-order valence-electron chi connectivity index (χ4n) is 2.58. The van der Waals surface area contributed by atoms with Crippen LogP contribution in [0.3, 0.4) is 0 Å². The summed E-state index contributed by atoms with van der Waals surface area (Å²) in [5.74, 6) is 0.525. The van der Waals surface area contributed by atoms with Gasteiger partial charge in [0.25, 0.3) is 0 Å². The van der Waals surface area contributed by atoms with Crippen LogP contribution in [0.4, 0.5) is 5.69 Å². The van der Waals surface area contributed by atoms with Gasteiger partial charge < -0.3 is 15.0 Å². The van der Waals surface area contributed by atoms with Gasteiger partial charge in [0, 0.05) is 19.2 Å². The number of nitrogens with zero attached hydrogens (tertiary/aromatic N) is 1. The second-order valence-electron chi connectivity index (χ2n) is 6.20. The second-order valence-corrected chi connectivity index (χ2v) is 6.20. The lowest BCUT2D eigenvalue weighted by Crippen LogP contribution is -2.35. The number of ether oxygens (including phenoxy) is 1. The van der Waals surface area contributed by atoms with E-state index in [2.05, 4.69) is 5.32 Å². The minimum Gasteiger partial charge on any atom is -0.494 e. The minimum absolute atomic E-state index is 0.0276. The first-order valence-electron chi connectivity index (χ1n) is 8.80. The molecule has 1 N–H and O–H groups in total. The van der Waals surface area contributed by atoms with Crippen LogP contribution in [0.15, 0.2) is 48.5 Å². The molecule has 2 amide bonds. The first-order valence-corrected chi connectivity index (χ1v) is 8.80. The summed E-state index contributed by atoms with van der Waals surface area (Å²) >= 11 is 0. The van der Waals surface area contributed by atoms with Crippen molar-refractivity contribution in [1.82, 2.24) is 4.90 Å². The van der Waals surface area contributed by atoms with E-state index in [9.17, 15) is 9.59 Å². The lowest BCUT2D eigenvalue weighted by Gasteiger charge is -2.17. The number of para-hydroxylation sites is 1. The second kappa shape index (κ2) is 9.61. The Balaban J connectivity index is 1.83. The fourth-order valence-corrected chi connectivity index (χ4v) is 2.58. The van der Waals surface area contributed by atoms with Crippen LogP contribution < -0.4 is 10.1 Å². The number of anilines is 1. The summed E-state index contributed by atoms with van der Waals surface area (Å²) in [5, 5.41) is 2.80. The number of carbonyl (C=O) groups excluding carboxylic acids is 2. The van der Waals surface area contributed by atoms with Crippen LogP contribution in [-0.4, -0.2) is 36.9 Å². The number of likely N-dealkylation sites (N-methyl/N-ethyl adjacent to an activating group) is 1. The van der Waals surface area contributed by atoms with Gasteiger partial charge in [0.05, 0.1) is 13.2 Å². The Bertz CT molecular complexity index is 741. The number of carbonyl (C=O) groups is 2. The van der Waals surface area contributed by atoms with Crippen molar-refractivity contribution in [2.75, 3.05) is 25.5 Å². The smallest absolute Gasteiger partial charge is 0.243 e. The zero-order chi connectivity index (χ0) is 18.9. The predicted molar refractivity (Wildman–Crippen MR) is 103 cm³/mol. The van der Waals surface area contributed by atoms with Gasteiger partial charge >= 0.3 is 0 Å². The molecule has 0 bridgehead atoms. The van der Waals surface area contributed by atoms with Gasteiger partial charge in [-0.05, 0) is 44.0 Å². The molecule has 0 saturated carbocycles. The molecule has 2 rings (SSSR count). The first kappa shape index (κ1) is 19.5. The molecule has 0 heterocycles. The molecule has 2 aromatic carbocycles. The Hall–Kier alpha value is -2.82. The largest absolute Gasteiger partial charge is 0.494 e. The summed E-state index contributed by atoms with van der Waals surface area (Å²) in [6.45, 7) is 4.54. The molecule has 2 aromatic rings. The van der Waals surface area contributed by atoms with Crippen molar-refractivity contribution >= 4 is 17.5 Å². The lowest BCUT2D eigenvalue weighted by molar-refractivity contribution is -0.133. The molecule has 0 aliphatic carbocycles. The third-order valence-corrected chi connectivity index (χ3v) is 4.02. The molecule has 26 heavy (non-hydrogen) atoms. The Morgan fingerprint density at radius 1 is 1.08 bits per heavy atom. The molecule has 5 nitrogen and oxygen atoms in total. The topological polar surface area (TPSA) is 58.6 Å². The number of hydrogen-bond acceptors (Lipinski definition) is 3. The van der Waals surface area contributed by atoms with E-state index in [0.717, 1.165) is 22.6 Å². The highest BCUT2D eigenvalue weighted by molar-refractivity contribution is 5.94. The number of hydrogen-bond donors (Lipinski definition) is 1. The summed E-state index contributed by atoms with van der Waals surface area (Å²) < 4.78 is 5.58. The van der Waals surface area contributed by atoms with Crippen LogP contribution in [0.25, 0.3) is 0 Å². The van der Waals surface area contributed by atoms with Crippen LogP contribution in [-0.2, 0) is 16.0 Å². The van der Waals surface area contributed by atoms with Crippen LogP contribution in [0.1, 0.15) is 24.5 Å². The Morgan fingerprint density at radius 3 is 2.46 bits per heavy atom. The predicted octanol–water partition coefficient (Wildman–Crippen LogP) is 3.42. The van der Waals surface area contributed by atoms with E-state index in [0.29, 0.717) is 19.4 Å². The molecule has 5 heteroatoms. The van der Waals surface area contributed by atoms with E-state index in [1.807, 2.05) is 62.4 Å². The van der Waals surface area contributed by atoms with Gasteiger partial charge in [0.1, 0.15) is 5.75 Å². The highest BCUT2D eigenvalue weighted by Gasteiger charge is 2.14. The van der Waals surface area contributed by atoms with E-state index in [1.54, 1.807) is 7.05 Å². The fraction of sp³-hybridized carbons (Fsp3) is 0.333. The number of aryl methyl sites for hydroxylation is 2. The van der Waals surface area contributed by atoms with Crippen LogP contribution in [0, 0.1) is 6.92 Å². The molecule has 0 spiro atoms. The van der Waals surface area contributed by atoms with Gasteiger partial charge in [-0.2, -0.15) is 0 Å². The maximum Gasteiger partial charge on any atom is 0.243 e. The maximum atomic E-state index is 12.3. The first-order chi connectivity index (χ1) is 12.5. The van der Waals surface area contributed by atoms with Crippen molar-refractivity contribution in [3.63, 3.8) is 0 Å². The van der Waals surface area contributed by atoms with Gasteiger partial charge in [-0.1, -0.05) is 35.9 Å². The zero-order valence-corrected chi connectivity index (χ0v) is 15.6. The van der Waals surface area contributed by atoms with Gasteiger partial charge in [-0.3, -0.25) is 9.59 Å². The maximum absolute atomic E-state index is 12.3. The van der Waals surface area contributed by atoms with Gasteiger partial charge in [-0.25, -0.2) is 0 Å². The Labute approximate surface area is 155 Å². The van der Waals surface area contributed by atoms with Crippen LogP contribution in [0.2, 0.25) is 0 Å². The van der Waals surface area contributed by atoms with Crippen LogP contribution >= 0.6 is 0 Å². The van der Waals surface area contributed by atoms with Crippen molar-refractivity contribution in [2.24, 2.45) is 0 Å². The van der Waals surface area contributed by atoms with Crippen molar-refractivity contribution in [1.29, 1.82) is 0 Å². The SMILES string of the molecule is CCOc1ccccc1CCC(=O)N(C)CC(=O)Nc1ccc(C)cc1. The molecule has 0 unspecified atom stereocenters. The van der Waals surface area contributed by atoms with Gasteiger partial charge in [0.15, 0.2) is 0 Å². The van der Waals surface area contributed by atoms with Crippen molar-refractivity contribution in [2.45, 2.75) is 26.7 Å². The quantitative estimate of drug-likeness (QED) is 0.790. The average molecular weight is 354 g/mol. The normalized spacial score (nSPS) is 10.3. The van der Waals surface area contributed by atoms with Crippen molar-refractivity contribution in [3.05, 3.63) is 59.7 Å². The molecule has 0 fully saturated rings. The number of rotatable bonds is 8. The van der Waals surface area contributed by atoms with E-state index in [1.165, 1.54) is 4.90 Å². The molecule has 0 aromatic heterocycles. The van der Waals surface area contributed by atoms with E-state index in [4.69, 9.17) is 4.74 Å². The van der Waals surface area contributed by atoms with E-state index >= 15 is 0 Å². The van der Waals surface area contributed by atoms with E-state index < -0.39 is 0 Å². The Kier molecular flexibility index (Phi) is 7.21. The summed E-state index contributed by atoms with van der Waals surface area (Å²) in [6.07, 6.45) is 0.914. The monoisotopic (exact) mass is 354 g/mol. The summed E-state index contributed by atoms with van der Waals surface area (Å²) in [5.41, 5.74) is 2.86. The molecule has 138 valence electrons. The minimum atomic E-state index is -0.209. The number of nitrogens with one attached hydrogen (secondary N) is 1. The standard InChI is InChI=1S/C21H26N2O3/c1-4-26-19-8-6-5-7-17(19)11-14-21(25)23(3)15-20(24)22-18-12-9-16(2)10-13-18/h5-10,12-13H,4,11,14-15H2,1-3H3,(H,22,24). The summed E-state index contributed by atoms with van der Waals surface area (Å²) in [6, 6.07) is 15.3. The van der Waals surface area contributed by atoms with Crippen molar-refractivity contribution < 1.29 is 14.3 Å². The van der Waals surface area contributed by atoms with Crippen molar-refractivity contribution in [3.8, 4) is 5.75 Å². The summed E-state index contributed by atoms with van der Waals surface area (Å²) in [4.78, 5) is 25.9. The van der Waals surface area contributed by atoms with Crippen LogP contribution in [0.5, 0.6) is 5.75 Å². The highest BCUT2D eigenvalue weighted by atomic mass is 16.5. The number of amides is 2. The average Bonchev–Trinajstić information content (AvgIpc) is 2.62. The molecule has 0 saturated heterocycles. The molecule has 0 aliphatic rings. The molecule has 0 aliphatic heterocycles. The van der Waals surface area contributed by atoms with Gasteiger partial charge in [-0.15, -0.1) is 0 Å². The van der Waals surface area contributed by atoms with Gasteiger partial charge in [0.2, 0.25) is 11.8 Å². The molecular formula is C21H26N2O3. The molecule has 0 atom stereocenters. The highest BCUT2D eigenvalue weighted by Crippen LogP contribution is 2.19.